The van der Waals surface area contributed by atoms with Gasteiger partial charge in [-0.3, -0.25) is 28.8 Å². The standard InChI is InChI=1S/C62H76N6O20S2/c1-35(69)67-47-43(71)31-61(59(81)82,87-55(47)51(75)45(73)33-65-57(79)41-19-15-39(16-20-41)37-11-5-3-6-12-37)85-25-9-27-89-29-23-63-49-50(54(78)53(49)77)64-24-30-90-28-10-26-86-62(60(83)84)32-44(72)48(68-36(2)70)56(88-62)52(76)46(74)34-66-58(80)42-21-17-40(18-22-42)38-13-7-4-8-14-38/h3-8,11-22,43-48,51-52,55-56,63-64,71-76H,9-10,23-34H2,1-2H3,(H,65,79)(H,66,80)(H,67,69)(H,68,70)(H,81,82)(H,83,84)/t43-,44-,45+,46+,47+,48+,51?,52?,55+,56+,61+,62+/m0/s1. The maximum Gasteiger partial charge on any atom is 0.364 e. The molecule has 7 rings (SSSR count). The quantitative estimate of drug-likeness (QED) is 0.0201. The molecule has 2 aliphatic rings. The number of rotatable bonds is 34. The Kier molecular flexibility index (Phi) is 25.8. The van der Waals surface area contributed by atoms with E-state index in [0.29, 0.717) is 23.0 Å². The number of hydrogen-bond donors (Lipinski definition) is 14. The minimum absolute atomic E-state index is 0.106. The molecule has 2 aliphatic heterocycles. The Balaban J connectivity index is 0.801. The molecule has 0 saturated carbocycles. The van der Waals surface area contributed by atoms with E-state index in [1.807, 2.05) is 60.7 Å². The van der Waals surface area contributed by atoms with Crippen molar-refractivity contribution >= 4 is 70.5 Å². The van der Waals surface area contributed by atoms with Gasteiger partial charge in [0.25, 0.3) is 34.2 Å². The summed E-state index contributed by atoms with van der Waals surface area (Å²) >= 11 is 2.81. The Morgan fingerprint density at radius 2 is 0.878 bits per heavy atom. The van der Waals surface area contributed by atoms with E-state index in [9.17, 15) is 79.2 Å². The zero-order valence-corrected chi connectivity index (χ0v) is 51.0. The van der Waals surface area contributed by atoms with Gasteiger partial charge in [0.1, 0.15) is 35.8 Å². The molecule has 90 heavy (non-hydrogen) atoms. The summed E-state index contributed by atoms with van der Waals surface area (Å²) in [6.45, 7) is 1.36. The summed E-state index contributed by atoms with van der Waals surface area (Å²) in [6.07, 6.45) is -14.9. The number of aliphatic carboxylic acids is 2. The van der Waals surface area contributed by atoms with E-state index in [0.717, 1.165) is 36.1 Å². The molecule has 2 unspecified atom stereocenters. The third-order valence-electron chi connectivity index (χ3n) is 15.0. The van der Waals surface area contributed by atoms with Gasteiger partial charge < -0.3 is 91.7 Å². The Morgan fingerprint density at radius 3 is 1.21 bits per heavy atom. The monoisotopic (exact) mass is 1290 g/mol. The fourth-order valence-electron chi connectivity index (χ4n) is 10.3. The molecule has 486 valence electrons. The molecule has 2 saturated heterocycles. The summed E-state index contributed by atoms with van der Waals surface area (Å²) in [5, 5.41) is 104. The van der Waals surface area contributed by atoms with Crippen LogP contribution in [0.15, 0.2) is 119 Å². The van der Waals surface area contributed by atoms with Gasteiger partial charge in [-0.25, -0.2) is 9.59 Å². The first kappa shape index (κ1) is 70.1. The van der Waals surface area contributed by atoms with Crippen LogP contribution in [0, 0.1) is 0 Å². The molecular weight excluding hydrogens is 1210 g/mol. The average Bonchev–Trinajstić information content (AvgIpc) is 0.818. The van der Waals surface area contributed by atoms with Gasteiger partial charge in [-0.15, -0.1) is 0 Å². The van der Waals surface area contributed by atoms with Gasteiger partial charge in [-0.1, -0.05) is 84.9 Å². The molecule has 0 spiro atoms. The van der Waals surface area contributed by atoms with Crippen LogP contribution < -0.4 is 42.8 Å². The highest BCUT2D eigenvalue weighted by atomic mass is 32.2. The fourth-order valence-corrected chi connectivity index (χ4v) is 11.8. The molecule has 0 aromatic heterocycles. The molecule has 0 radical (unpaired) electrons. The van der Waals surface area contributed by atoms with Gasteiger partial charge in [-0.05, 0) is 70.9 Å². The van der Waals surface area contributed by atoms with Crippen LogP contribution in [-0.2, 0) is 38.1 Å². The number of anilines is 2. The lowest BCUT2D eigenvalue weighted by Crippen LogP contribution is -2.68. The van der Waals surface area contributed by atoms with E-state index >= 15 is 0 Å². The van der Waals surface area contributed by atoms with Crippen LogP contribution in [0.4, 0.5) is 11.4 Å². The second-order valence-electron chi connectivity index (χ2n) is 21.6. The van der Waals surface area contributed by atoms with Crippen LogP contribution in [-0.4, -0.2) is 211 Å². The number of ether oxygens (including phenoxy) is 4. The number of amides is 4. The molecule has 14 N–H and O–H groups in total. The summed E-state index contributed by atoms with van der Waals surface area (Å²) in [5.41, 5.74) is 2.94. The van der Waals surface area contributed by atoms with Gasteiger partial charge >= 0.3 is 11.9 Å². The van der Waals surface area contributed by atoms with Crippen molar-refractivity contribution < 1.29 is 88.6 Å². The molecule has 2 heterocycles. The first-order valence-electron chi connectivity index (χ1n) is 29.1. The van der Waals surface area contributed by atoms with Crippen molar-refractivity contribution in [2.24, 2.45) is 0 Å². The predicted octanol–water partition coefficient (Wildman–Crippen LogP) is 0.895. The van der Waals surface area contributed by atoms with Crippen LogP contribution >= 0.6 is 23.5 Å². The highest BCUT2D eigenvalue weighted by Gasteiger charge is 2.57. The third kappa shape index (κ3) is 18.4. The number of hydrogen-bond acceptors (Lipinski definition) is 22. The third-order valence-corrected chi connectivity index (χ3v) is 17.1. The minimum Gasteiger partial charge on any atom is -0.477 e. The summed E-state index contributed by atoms with van der Waals surface area (Å²) in [5.74, 6) is -9.02. The van der Waals surface area contributed by atoms with Gasteiger partial charge in [0.2, 0.25) is 11.8 Å². The fraction of sp³-hybridized carbons (Fsp3) is 0.452. The van der Waals surface area contributed by atoms with Crippen LogP contribution in [0.25, 0.3) is 22.3 Å². The van der Waals surface area contributed by atoms with E-state index in [-0.39, 0.29) is 61.6 Å². The van der Waals surface area contributed by atoms with E-state index < -0.39 is 145 Å². The molecule has 4 amide bonds. The Labute approximate surface area is 526 Å². The number of nitrogens with one attached hydrogen (secondary N) is 6. The number of carbonyl (C=O) groups excluding carboxylic acids is 4. The van der Waals surface area contributed by atoms with E-state index in [1.165, 1.54) is 23.5 Å². The van der Waals surface area contributed by atoms with Crippen molar-refractivity contribution in [2.75, 3.05) is 73.0 Å². The molecule has 5 aromatic carbocycles. The van der Waals surface area contributed by atoms with Gasteiger partial charge in [0, 0.05) is 75.5 Å². The first-order chi connectivity index (χ1) is 43.0. The predicted molar refractivity (Wildman–Crippen MR) is 334 cm³/mol. The number of thioether (sulfide) groups is 2. The van der Waals surface area contributed by atoms with E-state index in [4.69, 9.17) is 18.9 Å². The Hall–Kier alpha value is -7.32. The molecular formula is C62H76N6O20S2. The number of benzene rings is 4. The van der Waals surface area contributed by atoms with Crippen molar-refractivity contribution in [3.63, 3.8) is 0 Å². The van der Waals surface area contributed by atoms with Crippen molar-refractivity contribution in [3.8, 4) is 22.3 Å². The van der Waals surface area contributed by atoms with Crippen molar-refractivity contribution in [1.82, 2.24) is 21.3 Å². The maximum absolute atomic E-state index is 13.0. The SMILES string of the molecule is CC(=O)N[C@@H]1[C@@H](O)C[C@](OCCCSCCNc2c(NCCSCCCO[C@]3(C(=O)O)C[C@H](O)[C@@H](NC(C)=O)[C@H](C(O)[C@H](O)CNC(=O)c4ccc(-c5ccccc5)cc4)O3)c(=O)c2=O)(C(=O)O)O[C@H]1C(O)[C@H](O)CNC(=O)c1ccc(-c2ccccc2)cc1. The number of carboxylic acids is 2. The second-order valence-corrected chi connectivity index (χ2v) is 24.0. The zero-order chi connectivity index (χ0) is 65.1. The number of aliphatic hydroxyl groups is 6. The molecule has 5 aromatic rings. The van der Waals surface area contributed by atoms with Crippen LogP contribution in [0.5, 0.6) is 0 Å². The lowest BCUT2D eigenvalue weighted by molar-refractivity contribution is -0.310. The highest BCUT2D eigenvalue weighted by Crippen LogP contribution is 2.36. The molecule has 0 bridgehead atoms. The number of aliphatic hydroxyl groups excluding tert-OH is 6. The highest BCUT2D eigenvalue weighted by molar-refractivity contribution is 7.99. The lowest BCUT2D eigenvalue weighted by atomic mass is 9.88. The molecule has 2 fully saturated rings. The first-order valence-corrected chi connectivity index (χ1v) is 31.4. The van der Waals surface area contributed by atoms with Gasteiger partial charge in [0.05, 0.1) is 49.7 Å². The van der Waals surface area contributed by atoms with E-state index in [1.54, 1.807) is 48.5 Å². The second kappa shape index (κ2) is 33.1. The molecule has 12 atom stereocenters. The normalized spacial score (nSPS) is 22.9. The Morgan fingerprint density at radius 1 is 0.533 bits per heavy atom. The summed E-state index contributed by atoms with van der Waals surface area (Å²) in [6, 6.07) is 29.5. The number of carboxylic acid groups (broad SMARTS) is 2. The zero-order valence-electron chi connectivity index (χ0n) is 49.4. The largest absolute Gasteiger partial charge is 0.477 e. The van der Waals surface area contributed by atoms with Crippen LogP contribution in [0.2, 0.25) is 0 Å². The lowest BCUT2D eigenvalue weighted by Gasteiger charge is -2.46. The molecule has 0 aliphatic carbocycles. The Bertz CT molecular complexity index is 3060. The van der Waals surface area contributed by atoms with Gasteiger partial charge in [-0.2, -0.15) is 23.5 Å². The molecule has 28 heteroatoms. The van der Waals surface area contributed by atoms with E-state index in [2.05, 4.69) is 31.9 Å². The van der Waals surface area contributed by atoms with Crippen molar-refractivity contribution in [2.45, 2.75) is 112 Å². The smallest absolute Gasteiger partial charge is 0.364 e. The molecule has 26 nitrogen and oxygen atoms in total. The van der Waals surface area contributed by atoms with Gasteiger partial charge in [0.15, 0.2) is 0 Å². The topological polar surface area (TPSA) is 408 Å². The summed E-state index contributed by atoms with van der Waals surface area (Å²) in [7, 11) is 0. The summed E-state index contributed by atoms with van der Waals surface area (Å²) < 4.78 is 23.2. The average molecular weight is 1290 g/mol. The summed E-state index contributed by atoms with van der Waals surface area (Å²) in [4.78, 5) is 101. The van der Waals surface area contributed by atoms with Crippen LogP contribution in [0.1, 0.15) is 60.2 Å². The minimum atomic E-state index is -2.51. The van der Waals surface area contributed by atoms with Crippen LogP contribution in [0.3, 0.4) is 0 Å². The maximum atomic E-state index is 13.0. The number of carbonyl (C=O) groups is 6. The van der Waals surface area contributed by atoms with Crippen molar-refractivity contribution in [3.05, 3.63) is 141 Å². The van der Waals surface area contributed by atoms with Crippen molar-refractivity contribution in [1.29, 1.82) is 0 Å².